The second-order valence-corrected chi connectivity index (χ2v) is 4.49. The third kappa shape index (κ3) is 9.13. The molecule has 98 valence electrons. The summed E-state index contributed by atoms with van der Waals surface area (Å²) in [5.41, 5.74) is 0. The molecule has 0 spiro atoms. The first kappa shape index (κ1) is 15.9. The van der Waals surface area contributed by atoms with Crippen LogP contribution in [-0.2, 0) is 4.74 Å². The van der Waals surface area contributed by atoms with E-state index in [0.29, 0.717) is 12.7 Å². The van der Waals surface area contributed by atoms with Crippen LogP contribution in [0.1, 0.15) is 52.4 Å². The van der Waals surface area contributed by atoms with Crippen LogP contribution in [0, 0.1) is 0 Å². The molecular formula is C13H29NO2. The van der Waals surface area contributed by atoms with Crippen molar-refractivity contribution < 1.29 is 9.84 Å². The van der Waals surface area contributed by atoms with Crippen LogP contribution in [0.2, 0.25) is 0 Å². The number of nitrogens with one attached hydrogen (secondary N) is 1. The van der Waals surface area contributed by atoms with Crippen LogP contribution in [0.25, 0.3) is 0 Å². The van der Waals surface area contributed by atoms with Gasteiger partial charge in [0.2, 0.25) is 0 Å². The van der Waals surface area contributed by atoms with Crippen molar-refractivity contribution in [1.82, 2.24) is 5.32 Å². The number of unbranched alkanes of at least 4 members (excludes halogenated alkanes) is 3. The normalized spacial score (nSPS) is 15.0. The summed E-state index contributed by atoms with van der Waals surface area (Å²) in [4.78, 5) is 0. The average Bonchev–Trinajstić information content (AvgIpc) is 2.30. The van der Waals surface area contributed by atoms with Crippen LogP contribution in [0.3, 0.4) is 0 Å². The lowest BCUT2D eigenvalue weighted by atomic mass is 10.1. The van der Waals surface area contributed by atoms with Gasteiger partial charge in [-0.25, -0.2) is 0 Å². The van der Waals surface area contributed by atoms with Crippen LogP contribution in [0.5, 0.6) is 0 Å². The molecule has 3 nitrogen and oxygen atoms in total. The molecule has 0 aromatic rings. The van der Waals surface area contributed by atoms with Crippen molar-refractivity contribution in [2.45, 2.75) is 64.5 Å². The van der Waals surface area contributed by atoms with Crippen molar-refractivity contribution in [3.05, 3.63) is 0 Å². The molecule has 0 radical (unpaired) electrons. The van der Waals surface area contributed by atoms with Crippen LogP contribution >= 0.6 is 0 Å². The van der Waals surface area contributed by atoms with Gasteiger partial charge in [0.15, 0.2) is 0 Å². The predicted octanol–water partition coefficient (Wildman–Crippen LogP) is 2.33. The van der Waals surface area contributed by atoms with Gasteiger partial charge in [0, 0.05) is 12.6 Å². The summed E-state index contributed by atoms with van der Waals surface area (Å²) >= 11 is 0. The van der Waals surface area contributed by atoms with Gasteiger partial charge in [0.05, 0.1) is 12.7 Å². The largest absolute Gasteiger partial charge is 0.396 e. The fourth-order valence-corrected chi connectivity index (χ4v) is 1.69. The van der Waals surface area contributed by atoms with Crippen molar-refractivity contribution in [2.75, 3.05) is 20.3 Å². The van der Waals surface area contributed by atoms with Gasteiger partial charge in [-0.1, -0.05) is 32.6 Å². The molecule has 0 fully saturated rings. The highest BCUT2D eigenvalue weighted by Gasteiger charge is 2.08. The summed E-state index contributed by atoms with van der Waals surface area (Å²) in [7, 11) is 1.91. The monoisotopic (exact) mass is 231 g/mol. The van der Waals surface area contributed by atoms with Crippen LogP contribution in [0.4, 0.5) is 0 Å². The molecule has 2 N–H and O–H groups in total. The highest BCUT2D eigenvalue weighted by molar-refractivity contribution is 4.63. The van der Waals surface area contributed by atoms with Crippen LogP contribution in [-0.4, -0.2) is 37.5 Å². The highest BCUT2D eigenvalue weighted by Crippen LogP contribution is 2.08. The van der Waals surface area contributed by atoms with E-state index >= 15 is 0 Å². The Morgan fingerprint density at radius 1 is 1.19 bits per heavy atom. The SMILES string of the molecule is CCCCCCC(C)OCC(CCO)NC. The van der Waals surface area contributed by atoms with Gasteiger partial charge >= 0.3 is 0 Å². The van der Waals surface area contributed by atoms with E-state index in [4.69, 9.17) is 9.84 Å². The Labute approximate surface area is 101 Å². The molecule has 2 unspecified atom stereocenters. The standard InChI is InChI=1S/C13H29NO2/c1-4-5-6-7-8-12(2)16-11-13(14-3)9-10-15/h12-15H,4-11H2,1-3H3. The lowest BCUT2D eigenvalue weighted by molar-refractivity contribution is 0.0398. The molecule has 0 aliphatic heterocycles. The first-order valence-electron chi connectivity index (χ1n) is 6.64. The van der Waals surface area contributed by atoms with E-state index < -0.39 is 0 Å². The van der Waals surface area contributed by atoms with Gasteiger partial charge in [-0.2, -0.15) is 0 Å². The second-order valence-electron chi connectivity index (χ2n) is 4.49. The van der Waals surface area contributed by atoms with E-state index in [9.17, 15) is 0 Å². The van der Waals surface area contributed by atoms with E-state index in [0.717, 1.165) is 12.8 Å². The number of hydrogen-bond acceptors (Lipinski definition) is 3. The fourth-order valence-electron chi connectivity index (χ4n) is 1.69. The lowest BCUT2D eigenvalue weighted by Crippen LogP contribution is -2.32. The van der Waals surface area contributed by atoms with Crippen molar-refractivity contribution in [1.29, 1.82) is 0 Å². The maximum absolute atomic E-state index is 8.84. The van der Waals surface area contributed by atoms with E-state index in [1.165, 1.54) is 25.7 Å². The maximum atomic E-state index is 8.84. The molecule has 0 rings (SSSR count). The molecule has 0 aliphatic carbocycles. The molecule has 0 heterocycles. The van der Waals surface area contributed by atoms with Gasteiger partial charge in [-0.3, -0.25) is 0 Å². The minimum Gasteiger partial charge on any atom is -0.396 e. The number of likely N-dealkylation sites (N-methyl/N-ethyl adjacent to an activating group) is 1. The summed E-state index contributed by atoms with van der Waals surface area (Å²) in [6, 6.07) is 0.281. The number of hydrogen-bond donors (Lipinski definition) is 2. The van der Waals surface area contributed by atoms with Crippen molar-refractivity contribution >= 4 is 0 Å². The third-order valence-corrected chi connectivity index (χ3v) is 2.93. The molecule has 0 bridgehead atoms. The van der Waals surface area contributed by atoms with Gasteiger partial charge in [-0.15, -0.1) is 0 Å². The lowest BCUT2D eigenvalue weighted by Gasteiger charge is -2.19. The molecule has 0 aromatic carbocycles. The second kappa shape index (κ2) is 11.4. The Morgan fingerprint density at radius 2 is 1.94 bits per heavy atom. The van der Waals surface area contributed by atoms with E-state index in [2.05, 4.69) is 19.2 Å². The fraction of sp³-hybridized carbons (Fsp3) is 1.00. The molecule has 0 aliphatic rings. The first-order chi connectivity index (χ1) is 7.74. The van der Waals surface area contributed by atoms with Gasteiger partial charge in [0.25, 0.3) is 0 Å². The molecule has 0 saturated carbocycles. The van der Waals surface area contributed by atoms with Crippen LogP contribution < -0.4 is 5.32 Å². The molecular weight excluding hydrogens is 202 g/mol. The van der Waals surface area contributed by atoms with E-state index in [1.54, 1.807) is 0 Å². The zero-order valence-electron chi connectivity index (χ0n) is 11.2. The minimum absolute atomic E-state index is 0.222. The average molecular weight is 231 g/mol. The summed E-state index contributed by atoms with van der Waals surface area (Å²) in [5.74, 6) is 0. The Balaban J connectivity index is 3.43. The Morgan fingerprint density at radius 3 is 2.50 bits per heavy atom. The maximum Gasteiger partial charge on any atom is 0.0623 e. The first-order valence-corrected chi connectivity index (χ1v) is 6.64. The summed E-state index contributed by atoms with van der Waals surface area (Å²) < 4.78 is 5.75. The van der Waals surface area contributed by atoms with Crippen LogP contribution in [0.15, 0.2) is 0 Å². The Kier molecular flexibility index (Phi) is 11.3. The van der Waals surface area contributed by atoms with E-state index in [1.807, 2.05) is 7.05 Å². The summed E-state index contributed by atoms with van der Waals surface area (Å²) in [6.45, 7) is 5.29. The Bertz CT molecular complexity index is 142. The smallest absolute Gasteiger partial charge is 0.0623 e. The number of aliphatic hydroxyl groups excluding tert-OH is 1. The highest BCUT2D eigenvalue weighted by atomic mass is 16.5. The van der Waals surface area contributed by atoms with Crippen molar-refractivity contribution in [2.24, 2.45) is 0 Å². The van der Waals surface area contributed by atoms with Crippen molar-refractivity contribution in [3.8, 4) is 0 Å². The van der Waals surface area contributed by atoms with Gasteiger partial charge in [-0.05, 0) is 26.8 Å². The summed E-state index contributed by atoms with van der Waals surface area (Å²) in [5, 5.41) is 12.0. The topological polar surface area (TPSA) is 41.5 Å². The Hall–Kier alpha value is -0.120. The summed E-state index contributed by atoms with van der Waals surface area (Å²) in [6.07, 6.45) is 7.44. The molecule has 3 heteroatoms. The molecule has 0 aromatic heterocycles. The van der Waals surface area contributed by atoms with Gasteiger partial charge < -0.3 is 15.2 Å². The molecule has 0 amide bonds. The zero-order chi connectivity index (χ0) is 12.2. The zero-order valence-corrected chi connectivity index (χ0v) is 11.2. The van der Waals surface area contributed by atoms with E-state index in [-0.39, 0.29) is 12.6 Å². The van der Waals surface area contributed by atoms with Crippen molar-refractivity contribution in [3.63, 3.8) is 0 Å². The molecule has 0 saturated heterocycles. The molecule has 16 heavy (non-hydrogen) atoms. The predicted molar refractivity (Wildman–Crippen MR) is 68.7 cm³/mol. The van der Waals surface area contributed by atoms with Gasteiger partial charge in [0.1, 0.15) is 0 Å². The minimum atomic E-state index is 0.222. The molecule has 2 atom stereocenters. The number of rotatable bonds is 11. The number of aliphatic hydroxyl groups is 1. The number of ether oxygens (including phenoxy) is 1. The quantitative estimate of drug-likeness (QED) is 0.536. The third-order valence-electron chi connectivity index (χ3n) is 2.93.